The molecule has 4 heterocycles. The number of para-hydroxylation sites is 16. The number of hydrogen-bond donors (Lipinski definition) is 0. The van der Waals surface area contributed by atoms with Crippen LogP contribution in [0.4, 0.5) is 68.2 Å². The standard InChI is InChI=1S/C62H36N6O4/c63-37-39-33-53(67-47-21-5-13-29-59(47)71-60-30-14-6-22-48(60)67)41(35-51(39)65-43-17-1-9-25-55(43)69-56-26-10-2-18-44(56)65)42-36-52(66-45-19-3-11-27-57(45)70-58-28-12-4-20-46(58)66)40(38-64)34-54(42)68-49-23-7-15-31-61(49)72-62-32-16-8-24-50(62)68/h1-36H. The van der Waals surface area contributed by atoms with Gasteiger partial charge in [0.25, 0.3) is 0 Å². The molecule has 0 saturated carbocycles. The van der Waals surface area contributed by atoms with Crippen molar-refractivity contribution in [2.24, 2.45) is 0 Å². The highest BCUT2D eigenvalue weighted by Crippen LogP contribution is 2.60. The first-order chi connectivity index (χ1) is 35.6. The summed E-state index contributed by atoms with van der Waals surface area (Å²) in [6.45, 7) is 0. The first kappa shape index (κ1) is 40.6. The molecule has 0 amide bonds. The quantitative estimate of drug-likeness (QED) is 0.166. The molecule has 10 heteroatoms. The molecule has 0 atom stereocenters. The molecule has 72 heavy (non-hydrogen) atoms. The molecule has 0 spiro atoms. The molecule has 10 aromatic rings. The van der Waals surface area contributed by atoms with Gasteiger partial charge in [0.15, 0.2) is 46.0 Å². The van der Waals surface area contributed by atoms with Crippen LogP contribution in [-0.4, -0.2) is 0 Å². The third-order valence-electron chi connectivity index (χ3n) is 13.5. The van der Waals surface area contributed by atoms with Crippen LogP contribution in [0.15, 0.2) is 218 Å². The van der Waals surface area contributed by atoms with Crippen molar-refractivity contribution in [3.8, 4) is 69.3 Å². The number of hydrogen-bond acceptors (Lipinski definition) is 10. The Kier molecular flexibility index (Phi) is 9.08. The lowest BCUT2D eigenvalue weighted by atomic mass is 9.92. The number of nitrogens with zero attached hydrogens (tertiary/aromatic N) is 6. The molecule has 10 nitrogen and oxygen atoms in total. The molecule has 0 unspecified atom stereocenters. The zero-order valence-corrected chi connectivity index (χ0v) is 38.1. The second-order valence-corrected chi connectivity index (χ2v) is 17.5. The van der Waals surface area contributed by atoms with E-state index in [1.165, 1.54) is 0 Å². The number of ether oxygens (including phenoxy) is 4. The predicted octanol–water partition coefficient (Wildman–Crippen LogP) is 17.4. The van der Waals surface area contributed by atoms with Crippen LogP contribution in [0.5, 0.6) is 46.0 Å². The molecule has 4 aliphatic rings. The Morgan fingerprint density at radius 2 is 0.431 bits per heavy atom. The third kappa shape index (κ3) is 6.20. The summed E-state index contributed by atoms with van der Waals surface area (Å²) in [5.41, 5.74) is 11.2. The first-order valence-corrected chi connectivity index (χ1v) is 23.4. The van der Waals surface area contributed by atoms with Gasteiger partial charge in [-0.15, -0.1) is 0 Å². The van der Waals surface area contributed by atoms with Gasteiger partial charge in [0, 0.05) is 11.1 Å². The van der Waals surface area contributed by atoms with Crippen molar-refractivity contribution in [3.63, 3.8) is 0 Å². The molecule has 0 bridgehead atoms. The lowest BCUT2D eigenvalue weighted by molar-refractivity contribution is 0.476. The molecule has 0 radical (unpaired) electrons. The highest BCUT2D eigenvalue weighted by molar-refractivity contribution is 6.05. The van der Waals surface area contributed by atoms with E-state index in [-0.39, 0.29) is 0 Å². The van der Waals surface area contributed by atoms with Gasteiger partial charge in [-0.2, -0.15) is 10.5 Å². The van der Waals surface area contributed by atoms with Crippen LogP contribution in [0.2, 0.25) is 0 Å². The molecule has 0 saturated heterocycles. The van der Waals surface area contributed by atoms with E-state index in [1.807, 2.05) is 206 Å². The van der Waals surface area contributed by atoms with Crippen LogP contribution < -0.4 is 38.5 Å². The van der Waals surface area contributed by atoms with Crippen LogP contribution in [0, 0.1) is 22.7 Å². The number of fused-ring (bicyclic) bond motifs is 8. The Morgan fingerprint density at radius 3 is 0.639 bits per heavy atom. The van der Waals surface area contributed by atoms with Gasteiger partial charge in [0.1, 0.15) is 12.1 Å². The first-order valence-electron chi connectivity index (χ1n) is 23.4. The second kappa shape index (κ2) is 16.1. The summed E-state index contributed by atoms with van der Waals surface area (Å²) < 4.78 is 26.3. The predicted molar refractivity (Wildman–Crippen MR) is 280 cm³/mol. The fourth-order valence-electron chi connectivity index (χ4n) is 10.4. The van der Waals surface area contributed by atoms with E-state index >= 15 is 0 Å². The topological polar surface area (TPSA) is 97.5 Å². The molecule has 338 valence electrons. The van der Waals surface area contributed by atoms with Crippen molar-refractivity contribution in [1.82, 2.24) is 0 Å². The molecule has 0 fully saturated rings. The van der Waals surface area contributed by atoms with E-state index in [2.05, 4.69) is 43.9 Å². The smallest absolute Gasteiger partial charge is 0.151 e. The maximum absolute atomic E-state index is 11.5. The Balaban J connectivity index is 1.15. The van der Waals surface area contributed by atoms with Crippen molar-refractivity contribution in [1.29, 1.82) is 10.5 Å². The van der Waals surface area contributed by atoms with E-state index in [0.717, 1.165) is 56.6 Å². The minimum Gasteiger partial charge on any atom is -0.453 e. The normalized spacial score (nSPS) is 13.0. The van der Waals surface area contributed by atoms with Crippen molar-refractivity contribution in [3.05, 3.63) is 230 Å². The van der Waals surface area contributed by atoms with Crippen LogP contribution >= 0.6 is 0 Å². The van der Waals surface area contributed by atoms with Gasteiger partial charge in [-0.05, 0) is 121 Å². The van der Waals surface area contributed by atoms with E-state index in [9.17, 15) is 10.5 Å². The summed E-state index contributed by atoms with van der Waals surface area (Å²) in [7, 11) is 0. The lowest BCUT2D eigenvalue weighted by Gasteiger charge is -2.38. The summed E-state index contributed by atoms with van der Waals surface area (Å²) in [5, 5.41) is 23.1. The number of rotatable bonds is 5. The highest BCUT2D eigenvalue weighted by Gasteiger charge is 2.36. The fraction of sp³-hybridized carbons (Fsp3) is 0. The van der Waals surface area contributed by atoms with E-state index in [4.69, 9.17) is 18.9 Å². The van der Waals surface area contributed by atoms with Crippen molar-refractivity contribution in [2.45, 2.75) is 0 Å². The van der Waals surface area contributed by atoms with Crippen LogP contribution in [0.3, 0.4) is 0 Å². The summed E-state index contributed by atoms with van der Waals surface area (Å²) >= 11 is 0. The van der Waals surface area contributed by atoms with Crippen molar-refractivity contribution in [2.75, 3.05) is 19.6 Å². The van der Waals surface area contributed by atoms with Gasteiger partial charge >= 0.3 is 0 Å². The second-order valence-electron chi connectivity index (χ2n) is 17.5. The van der Waals surface area contributed by atoms with Crippen LogP contribution in [0.1, 0.15) is 11.1 Å². The Labute approximate surface area is 414 Å². The Morgan fingerprint density at radius 1 is 0.236 bits per heavy atom. The molecular formula is C62H36N6O4. The fourth-order valence-corrected chi connectivity index (χ4v) is 10.4. The summed E-state index contributed by atoms with van der Waals surface area (Å²) in [6, 6.07) is 76.7. The van der Waals surface area contributed by atoms with Gasteiger partial charge in [-0.1, -0.05) is 97.1 Å². The average molecular weight is 929 g/mol. The molecule has 14 rings (SSSR count). The zero-order valence-electron chi connectivity index (χ0n) is 38.1. The van der Waals surface area contributed by atoms with E-state index in [0.29, 0.717) is 79.9 Å². The molecule has 10 aromatic carbocycles. The van der Waals surface area contributed by atoms with E-state index in [1.54, 1.807) is 0 Å². The molecular weight excluding hydrogens is 893 g/mol. The van der Waals surface area contributed by atoms with Gasteiger partial charge in [-0.25, -0.2) is 0 Å². The molecule has 0 N–H and O–H groups in total. The number of benzene rings is 10. The highest BCUT2D eigenvalue weighted by atomic mass is 16.5. The lowest BCUT2D eigenvalue weighted by Crippen LogP contribution is -2.21. The molecule has 0 aliphatic carbocycles. The van der Waals surface area contributed by atoms with Gasteiger partial charge in [0.2, 0.25) is 0 Å². The van der Waals surface area contributed by atoms with Crippen molar-refractivity contribution >= 4 is 68.2 Å². The summed E-state index contributed by atoms with van der Waals surface area (Å²) in [5.74, 6) is 5.20. The molecule has 0 aromatic heterocycles. The summed E-state index contributed by atoms with van der Waals surface area (Å²) in [6.07, 6.45) is 0. The number of nitriles is 2. The van der Waals surface area contributed by atoms with Gasteiger partial charge in [-0.3, -0.25) is 0 Å². The van der Waals surface area contributed by atoms with Gasteiger partial charge in [0.05, 0.1) is 79.4 Å². The largest absolute Gasteiger partial charge is 0.453 e. The van der Waals surface area contributed by atoms with Crippen molar-refractivity contribution < 1.29 is 18.9 Å². The van der Waals surface area contributed by atoms with Crippen LogP contribution in [0.25, 0.3) is 11.1 Å². The van der Waals surface area contributed by atoms with Crippen LogP contribution in [-0.2, 0) is 0 Å². The average Bonchev–Trinajstić information content (AvgIpc) is 3.44. The maximum atomic E-state index is 11.5. The zero-order chi connectivity index (χ0) is 47.9. The monoisotopic (exact) mass is 928 g/mol. The Bertz CT molecular complexity index is 3550. The maximum Gasteiger partial charge on any atom is 0.151 e. The SMILES string of the molecule is N#Cc1cc(N2c3ccccc3Oc3ccccc32)c(-c2cc(N3c4ccccc4Oc4ccccc43)c(C#N)cc2N2c3ccccc3Oc3ccccc32)cc1N1c2ccccc2Oc2ccccc21. The Hall–Kier alpha value is -10.4. The van der Waals surface area contributed by atoms with Gasteiger partial charge < -0.3 is 38.5 Å². The number of anilines is 12. The minimum absolute atomic E-state index is 0.412. The molecule has 4 aliphatic heterocycles. The minimum atomic E-state index is 0.412. The summed E-state index contributed by atoms with van der Waals surface area (Å²) in [4.78, 5) is 8.58. The van der Waals surface area contributed by atoms with E-state index < -0.39 is 0 Å². The third-order valence-corrected chi connectivity index (χ3v) is 13.5.